The SMILES string of the molecule is COc1ccc2c(c1)c(C(=O)c1cnc(-c3cnccn3)o1)cn2Cc1ccc(Cl)cc1. The second-order valence-electron chi connectivity index (χ2n) is 7.13. The minimum absolute atomic E-state index is 0.124. The molecule has 0 aliphatic heterocycles. The van der Waals surface area contributed by atoms with Crippen LogP contribution in [-0.2, 0) is 6.54 Å². The van der Waals surface area contributed by atoms with E-state index in [1.54, 1.807) is 13.3 Å². The van der Waals surface area contributed by atoms with Crippen LogP contribution in [0.5, 0.6) is 5.75 Å². The van der Waals surface area contributed by atoms with E-state index in [2.05, 4.69) is 15.0 Å². The largest absolute Gasteiger partial charge is 0.497 e. The summed E-state index contributed by atoms with van der Waals surface area (Å²) in [5, 5.41) is 1.44. The first kappa shape index (κ1) is 20.0. The number of oxazole rings is 1. The minimum atomic E-state index is -0.277. The highest BCUT2D eigenvalue weighted by Crippen LogP contribution is 2.29. The van der Waals surface area contributed by atoms with E-state index in [0.717, 1.165) is 16.5 Å². The average molecular weight is 445 g/mol. The van der Waals surface area contributed by atoms with Crippen molar-refractivity contribution in [1.29, 1.82) is 0 Å². The van der Waals surface area contributed by atoms with Crippen molar-refractivity contribution in [3.05, 3.63) is 95.4 Å². The Labute approximate surface area is 188 Å². The fourth-order valence-electron chi connectivity index (χ4n) is 3.54. The molecule has 0 unspecified atom stereocenters. The lowest BCUT2D eigenvalue weighted by molar-refractivity contribution is 0.101. The number of benzene rings is 2. The summed E-state index contributed by atoms with van der Waals surface area (Å²) < 4.78 is 13.1. The molecule has 2 aromatic carbocycles. The van der Waals surface area contributed by atoms with Gasteiger partial charge in [-0.15, -0.1) is 0 Å². The van der Waals surface area contributed by atoms with Gasteiger partial charge in [0, 0.05) is 41.1 Å². The van der Waals surface area contributed by atoms with Gasteiger partial charge in [0.2, 0.25) is 11.7 Å². The maximum absolute atomic E-state index is 13.4. The van der Waals surface area contributed by atoms with Crippen LogP contribution in [0.4, 0.5) is 0 Å². The summed E-state index contributed by atoms with van der Waals surface area (Å²) in [4.78, 5) is 25.7. The summed E-state index contributed by atoms with van der Waals surface area (Å²) in [6.45, 7) is 0.578. The molecule has 32 heavy (non-hydrogen) atoms. The summed E-state index contributed by atoms with van der Waals surface area (Å²) in [7, 11) is 1.59. The second kappa shape index (κ2) is 8.28. The van der Waals surface area contributed by atoms with Gasteiger partial charge in [-0.1, -0.05) is 23.7 Å². The van der Waals surface area contributed by atoms with Crippen LogP contribution >= 0.6 is 11.6 Å². The van der Waals surface area contributed by atoms with Crippen LogP contribution in [0.1, 0.15) is 21.7 Å². The number of fused-ring (bicyclic) bond motifs is 1. The molecule has 0 atom stereocenters. The fourth-order valence-corrected chi connectivity index (χ4v) is 3.67. The van der Waals surface area contributed by atoms with Crippen molar-refractivity contribution < 1.29 is 13.9 Å². The molecule has 3 heterocycles. The summed E-state index contributed by atoms with van der Waals surface area (Å²) in [5.74, 6) is 0.748. The highest BCUT2D eigenvalue weighted by atomic mass is 35.5. The molecule has 158 valence electrons. The van der Waals surface area contributed by atoms with Crippen molar-refractivity contribution in [2.75, 3.05) is 7.11 Å². The summed E-state index contributed by atoms with van der Waals surface area (Å²) in [5.41, 5.74) is 2.91. The number of carbonyl (C=O) groups is 1. The van der Waals surface area contributed by atoms with Gasteiger partial charge < -0.3 is 13.7 Å². The first-order valence-corrected chi connectivity index (χ1v) is 10.2. The minimum Gasteiger partial charge on any atom is -0.497 e. The van der Waals surface area contributed by atoms with Crippen LogP contribution in [-0.4, -0.2) is 32.4 Å². The van der Waals surface area contributed by atoms with Gasteiger partial charge in [0.25, 0.3) is 0 Å². The summed E-state index contributed by atoms with van der Waals surface area (Å²) in [6, 6.07) is 13.3. The molecule has 0 radical (unpaired) electrons. The Hall–Kier alpha value is -3.97. The Morgan fingerprint density at radius 2 is 1.94 bits per heavy atom. The van der Waals surface area contributed by atoms with Crippen LogP contribution in [0.25, 0.3) is 22.5 Å². The lowest BCUT2D eigenvalue weighted by Gasteiger charge is -2.06. The van der Waals surface area contributed by atoms with Crippen molar-refractivity contribution in [3.8, 4) is 17.3 Å². The van der Waals surface area contributed by atoms with Crippen LogP contribution in [0.3, 0.4) is 0 Å². The molecule has 0 N–H and O–H groups in total. The van der Waals surface area contributed by atoms with Gasteiger partial charge in [-0.3, -0.25) is 9.78 Å². The predicted molar refractivity (Wildman–Crippen MR) is 120 cm³/mol. The number of carbonyl (C=O) groups excluding carboxylic acids is 1. The number of hydrogen-bond acceptors (Lipinski definition) is 6. The van der Waals surface area contributed by atoms with Crippen molar-refractivity contribution in [2.24, 2.45) is 0 Å². The topological polar surface area (TPSA) is 83.0 Å². The zero-order valence-electron chi connectivity index (χ0n) is 17.0. The number of hydrogen-bond donors (Lipinski definition) is 0. The third-order valence-corrected chi connectivity index (χ3v) is 5.36. The normalized spacial score (nSPS) is 11.1. The van der Waals surface area contributed by atoms with E-state index in [-0.39, 0.29) is 17.4 Å². The fraction of sp³-hybridized carbons (Fsp3) is 0.0833. The van der Waals surface area contributed by atoms with Crippen LogP contribution in [0.2, 0.25) is 5.02 Å². The van der Waals surface area contributed by atoms with Crippen molar-refractivity contribution in [1.82, 2.24) is 19.5 Å². The third kappa shape index (κ3) is 3.74. The number of methoxy groups -OCH3 is 1. The van der Waals surface area contributed by atoms with Gasteiger partial charge in [-0.05, 0) is 35.9 Å². The van der Waals surface area contributed by atoms with Crippen LogP contribution in [0.15, 0.2) is 77.9 Å². The zero-order chi connectivity index (χ0) is 22.1. The Balaban J connectivity index is 1.56. The van der Waals surface area contributed by atoms with Crippen LogP contribution < -0.4 is 4.74 Å². The second-order valence-corrected chi connectivity index (χ2v) is 7.57. The average Bonchev–Trinajstić information content (AvgIpc) is 3.46. The maximum atomic E-state index is 13.4. The number of nitrogens with zero attached hydrogens (tertiary/aromatic N) is 4. The number of ether oxygens (including phenoxy) is 1. The number of halogens is 1. The van der Waals surface area contributed by atoms with Gasteiger partial charge >= 0.3 is 0 Å². The van der Waals surface area contributed by atoms with Gasteiger partial charge in [0.15, 0.2) is 5.76 Å². The molecular weight excluding hydrogens is 428 g/mol. The molecule has 5 aromatic rings. The van der Waals surface area contributed by atoms with E-state index >= 15 is 0 Å². The van der Waals surface area contributed by atoms with E-state index in [0.29, 0.717) is 28.6 Å². The number of rotatable bonds is 6. The van der Waals surface area contributed by atoms with E-state index in [1.165, 1.54) is 18.6 Å². The van der Waals surface area contributed by atoms with E-state index in [9.17, 15) is 4.79 Å². The Morgan fingerprint density at radius 3 is 2.69 bits per heavy atom. The quantitative estimate of drug-likeness (QED) is 0.342. The van der Waals surface area contributed by atoms with E-state index in [4.69, 9.17) is 20.8 Å². The maximum Gasteiger partial charge on any atom is 0.247 e. The molecule has 0 saturated carbocycles. The summed E-state index contributed by atoms with van der Waals surface area (Å²) >= 11 is 6.01. The van der Waals surface area contributed by atoms with Gasteiger partial charge in [-0.25, -0.2) is 9.97 Å². The zero-order valence-corrected chi connectivity index (χ0v) is 17.8. The molecular formula is C24H17ClN4O3. The monoisotopic (exact) mass is 444 g/mol. The molecule has 0 fully saturated rings. The molecule has 0 aliphatic carbocycles. The molecule has 0 spiro atoms. The first-order valence-electron chi connectivity index (χ1n) is 9.80. The van der Waals surface area contributed by atoms with Crippen molar-refractivity contribution in [3.63, 3.8) is 0 Å². The molecule has 0 amide bonds. The van der Waals surface area contributed by atoms with Gasteiger partial charge in [-0.2, -0.15) is 0 Å². The smallest absolute Gasteiger partial charge is 0.247 e. The highest BCUT2D eigenvalue weighted by Gasteiger charge is 2.22. The first-order chi connectivity index (χ1) is 15.6. The Kier molecular flexibility index (Phi) is 5.17. The third-order valence-electron chi connectivity index (χ3n) is 5.11. The van der Waals surface area contributed by atoms with E-state index in [1.807, 2.05) is 53.2 Å². The lowest BCUT2D eigenvalue weighted by Crippen LogP contribution is -2.00. The molecule has 0 bridgehead atoms. The molecule has 8 heteroatoms. The Morgan fingerprint density at radius 1 is 1.09 bits per heavy atom. The summed E-state index contributed by atoms with van der Waals surface area (Å²) in [6.07, 6.45) is 7.86. The molecule has 0 saturated heterocycles. The van der Waals surface area contributed by atoms with Crippen LogP contribution in [0, 0.1) is 0 Å². The lowest BCUT2D eigenvalue weighted by atomic mass is 10.1. The number of ketones is 1. The van der Waals surface area contributed by atoms with Gasteiger partial charge in [0.1, 0.15) is 11.4 Å². The van der Waals surface area contributed by atoms with Crippen molar-refractivity contribution >= 4 is 28.3 Å². The van der Waals surface area contributed by atoms with Gasteiger partial charge in [0.05, 0.1) is 25.1 Å². The molecule has 3 aromatic heterocycles. The standard InChI is InChI=1S/C24H17ClN4O3/c1-31-17-6-7-21-18(10-17)19(14-29(21)13-15-2-4-16(25)5-3-15)23(30)22-12-28-24(32-22)20-11-26-8-9-27-20/h2-12,14H,13H2,1H3. The highest BCUT2D eigenvalue weighted by molar-refractivity contribution is 6.30. The Bertz CT molecular complexity index is 1410. The molecule has 5 rings (SSSR count). The van der Waals surface area contributed by atoms with Crippen molar-refractivity contribution in [2.45, 2.75) is 6.54 Å². The molecule has 7 nitrogen and oxygen atoms in total. The number of aromatic nitrogens is 4. The predicted octanol–water partition coefficient (Wildman–Crippen LogP) is 5.03. The molecule has 0 aliphatic rings. The van der Waals surface area contributed by atoms with E-state index < -0.39 is 0 Å².